The van der Waals surface area contributed by atoms with Gasteiger partial charge in [-0.25, -0.2) is 0 Å². The van der Waals surface area contributed by atoms with Crippen molar-refractivity contribution in [2.24, 2.45) is 0 Å². The monoisotopic (exact) mass is 450 g/mol. The summed E-state index contributed by atoms with van der Waals surface area (Å²) in [5, 5.41) is 0.430. The van der Waals surface area contributed by atoms with E-state index >= 15 is 0 Å². The molecule has 1 aliphatic rings. The summed E-state index contributed by atoms with van der Waals surface area (Å²) < 4.78 is 17.0. The average molecular weight is 451 g/mol. The largest absolute Gasteiger partial charge is 0.497 e. The van der Waals surface area contributed by atoms with Crippen LogP contribution in [0, 0.1) is 0 Å². The van der Waals surface area contributed by atoms with Crippen LogP contribution >= 0.6 is 0 Å². The molecule has 0 saturated carbocycles. The van der Waals surface area contributed by atoms with Gasteiger partial charge < -0.3 is 23.7 Å². The molecule has 1 aliphatic heterocycles. The lowest BCUT2D eigenvalue weighted by molar-refractivity contribution is 0.0708. The molecule has 2 heterocycles. The Hall–Kier alpha value is -3.32. The van der Waals surface area contributed by atoms with Gasteiger partial charge in [-0.1, -0.05) is 26.0 Å². The molecule has 0 aliphatic carbocycles. The first-order valence-corrected chi connectivity index (χ1v) is 11.4. The minimum Gasteiger partial charge on any atom is -0.497 e. The highest BCUT2D eigenvalue weighted by atomic mass is 16.5. The number of hydrogen-bond acceptors (Lipinski definition) is 6. The van der Waals surface area contributed by atoms with Crippen LogP contribution in [0.1, 0.15) is 48.5 Å². The Morgan fingerprint density at radius 2 is 1.82 bits per heavy atom. The number of fused-ring (bicyclic) bond motifs is 2. The van der Waals surface area contributed by atoms with Crippen molar-refractivity contribution in [3.8, 4) is 11.5 Å². The Labute approximate surface area is 193 Å². The SMILES string of the molecule is CCOc1cccc(C2c3c(oc4cc(OC)ccc4c3=O)C(=O)N2CCN(CC)CC)c1. The van der Waals surface area contributed by atoms with Crippen LogP contribution in [0.15, 0.2) is 51.7 Å². The Kier molecular flexibility index (Phi) is 6.70. The van der Waals surface area contributed by atoms with Crippen molar-refractivity contribution in [2.75, 3.05) is 39.9 Å². The minimum atomic E-state index is -0.536. The zero-order chi connectivity index (χ0) is 23.5. The molecule has 1 atom stereocenters. The summed E-state index contributed by atoms with van der Waals surface area (Å²) >= 11 is 0. The van der Waals surface area contributed by atoms with Crippen LogP contribution in [0.25, 0.3) is 11.0 Å². The van der Waals surface area contributed by atoms with Crippen LogP contribution in [0.5, 0.6) is 11.5 Å². The average Bonchev–Trinajstić information content (AvgIpc) is 3.11. The predicted octanol–water partition coefficient (Wildman–Crippen LogP) is 4.09. The van der Waals surface area contributed by atoms with Gasteiger partial charge in [-0.15, -0.1) is 0 Å². The van der Waals surface area contributed by atoms with E-state index in [9.17, 15) is 9.59 Å². The van der Waals surface area contributed by atoms with Gasteiger partial charge in [0.05, 0.1) is 30.7 Å². The number of methoxy groups -OCH3 is 1. The van der Waals surface area contributed by atoms with Crippen molar-refractivity contribution in [3.63, 3.8) is 0 Å². The van der Waals surface area contributed by atoms with Gasteiger partial charge in [-0.2, -0.15) is 0 Å². The normalized spacial score (nSPS) is 15.4. The van der Waals surface area contributed by atoms with Gasteiger partial charge in [-0.3, -0.25) is 9.59 Å². The van der Waals surface area contributed by atoms with Gasteiger partial charge >= 0.3 is 0 Å². The van der Waals surface area contributed by atoms with Crippen molar-refractivity contribution < 1.29 is 18.7 Å². The van der Waals surface area contributed by atoms with E-state index in [-0.39, 0.29) is 17.1 Å². The maximum absolute atomic E-state index is 13.6. The number of benzene rings is 2. The first kappa shape index (κ1) is 22.9. The van der Waals surface area contributed by atoms with Crippen LogP contribution < -0.4 is 14.9 Å². The highest BCUT2D eigenvalue weighted by Crippen LogP contribution is 2.39. The van der Waals surface area contributed by atoms with Crippen molar-refractivity contribution in [1.29, 1.82) is 0 Å². The molecule has 1 unspecified atom stereocenters. The van der Waals surface area contributed by atoms with Crippen molar-refractivity contribution in [3.05, 3.63) is 69.6 Å². The molecule has 174 valence electrons. The summed E-state index contributed by atoms with van der Waals surface area (Å²) in [5.74, 6) is 1.10. The molecule has 0 fully saturated rings. The topological polar surface area (TPSA) is 72.2 Å². The minimum absolute atomic E-state index is 0.104. The molecule has 7 heteroatoms. The van der Waals surface area contributed by atoms with E-state index in [1.807, 2.05) is 31.2 Å². The van der Waals surface area contributed by atoms with Gasteiger partial charge in [0.1, 0.15) is 17.1 Å². The lowest BCUT2D eigenvalue weighted by Crippen LogP contribution is -2.37. The lowest BCUT2D eigenvalue weighted by atomic mass is 9.98. The maximum atomic E-state index is 13.6. The summed E-state index contributed by atoms with van der Waals surface area (Å²) in [6.07, 6.45) is 0. The lowest BCUT2D eigenvalue weighted by Gasteiger charge is -2.28. The van der Waals surface area contributed by atoms with E-state index in [2.05, 4.69) is 18.7 Å². The Bertz CT molecular complexity index is 1220. The number of likely N-dealkylation sites (N-methyl/N-ethyl adjacent to an activating group) is 1. The van der Waals surface area contributed by atoms with Gasteiger partial charge in [0.25, 0.3) is 5.91 Å². The van der Waals surface area contributed by atoms with E-state index in [1.54, 1.807) is 30.2 Å². The third-order valence-corrected chi connectivity index (χ3v) is 6.21. The highest BCUT2D eigenvalue weighted by molar-refractivity contribution is 5.99. The number of rotatable bonds is 9. The van der Waals surface area contributed by atoms with E-state index in [0.29, 0.717) is 47.7 Å². The van der Waals surface area contributed by atoms with E-state index in [1.165, 1.54) is 0 Å². The van der Waals surface area contributed by atoms with Crippen LogP contribution in [-0.2, 0) is 0 Å². The standard InChI is InChI=1S/C26H30N2O5/c1-5-27(6-2)13-14-28-23(17-9-8-10-19(15-17)32-7-3)22-24(29)20-12-11-18(31-4)16-21(20)33-25(22)26(28)30/h8-12,15-16,23H,5-7,13-14H2,1-4H3. The number of nitrogens with zero attached hydrogens (tertiary/aromatic N) is 2. The number of ether oxygens (including phenoxy) is 2. The predicted molar refractivity (Wildman–Crippen MR) is 127 cm³/mol. The number of amides is 1. The summed E-state index contributed by atoms with van der Waals surface area (Å²) in [6.45, 7) is 9.60. The fraction of sp³-hybridized carbons (Fsp3) is 0.385. The number of hydrogen-bond donors (Lipinski definition) is 0. The Morgan fingerprint density at radius 3 is 2.52 bits per heavy atom. The molecule has 2 aromatic carbocycles. The molecular formula is C26H30N2O5. The Balaban J connectivity index is 1.87. The van der Waals surface area contributed by atoms with Gasteiger partial charge in [0, 0.05) is 19.2 Å². The molecule has 3 aromatic rings. The second-order valence-electron chi connectivity index (χ2n) is 7.97. The zero-order valence-corrected chi connectivity index (χ0v) is 19.6. The Morgan fingerprint density at radius 1 is 1.03 bits per heavy atom. The van der Waals surface area contributed by atoms with Crippen molar-refractivity contribution in [1.82, 2.24) is 9.80 Å². The molecule has 7 nitrogen and oxygen atoms in total. The van der Waals surface area contributed by atoms with Gasteiger partial charge in [-0.05, 0) is 49.8 Å². The maximum Gasteiger partial charge on any atom is 0.290 e. The zero-order valence-electron chi connectivity index (χ0n) is 19.6. The van der Waals surface area contributed by atoms with Crippen LogP contribution in [-0.4, -0.2) is 55.6 Å². The number of carbonyl (C=O) groups excluding carboxylic acids is 1. The molecule has 0 N–H and O–H groups in total. The van der Waals surface area contributed by atoms with Crippen molar-refractivity contribution >= 4 is 16.9 Å². The van der Waals surface area contributed by atoms with Crippen LogP contribution in [0.4, 0.5) is 0 Å². The highest BCUT2D eigenvalue weighted by Gasteiger charge is 2.42. The van der Waals surface area contributed by atoms with Gasteiger partial charge in [0.2, 0.25) is 5.76 Å². The van der Waals surface area contributed by atoms with Crippen LogP contribution in [0.2, 0.25) is 0 Å². The first-order valence-electron chi connectivity index (χ1n) is 11.4. The molecule has 4 rings (SSSR count). The van der Waals surface area contributed by atoms with E-state index in [0.717, 1.165) is 18.7 Å². The molecule has 1 aromatic heterocycles. The summed E-state index contributed by atoms with van der Waals surface area (Å²) in [5.41, 5.74) is 1.36. The summed E-state index contributed by atoms with van der Waals surface area (Å²) in [6, 6.07) is 12.1. The molecule has 1 amide bonds. The third-order valence-electron chi connectivity index (χ3n) is 6.21. The molecule has 0 saturated heterocycles. The van der Waals surface area contributed by atoms with E-state index < -0.39 is 6.04 Å². The third kappa shape index (κ3) is 4.20. The second kappa shape index (κ2) is 9.67. The fourth-order valence-electron chi connectivity index (χ4n) is 4.43. The smallest absolute Gasteiger partial charge is 0.290 e. The molecule has 0 bridgehead atoms. The van der Waals surface area contributed by atoms with E-state index in [4.69, 9.17) is 13.9 Å². The number of carbonyl (C=O) groups is 1. The molecular weight excluding hydrogens is 420 g/mol. The summed E-state index contributed by atoms with van der Waals surface area (Å²) in [7, 11) is 1.55. The van der Waals surface area contributed by atoms with Crippen LogP contribution in [0.3, 0.4) is 0 Å². The van der Waals surface area contributed by atoms with Gasteiger partial charge in [0.15, 0.2) is 5.43 Å². The molecule has 0 radical (unpaired) electrons. The molecule has 0 spiro atoms. The quantitative estimate of drug-likeness (QED) is 0.489. The summed E-state index contributed by atoms with van der Waals surface area (Å²) in [4.78, 5) is 31.2. The molecule has 33 heavy (non-hydrogen) atoms. The fourth-order valence-corrected chi connectivity index (χ4v) is 4.43. The first-order chi connectivity index (χ1) is 16.0. The second-order valence-corrected chi connectivity index (χ2v) is 7.97. The van der Waals surface area contributed by atoms with Crippen molar-refractivity contribution in [2.45, 2.75) is 26.8 Å².